The van der Waals surface area contributed by atoms with E-state index >= 15 is 0 Å². The molecule has 1 N–H and O–H groups in total. The Kier molecular flexibility index (Phi) is 4.28. The molecule has 0 aliphatic carbocycles. The molecule has 3 nitrogen and oxygen atoms in total. The molecule has 21 heavy (non-hydrogen) atoms. The number of hydrogen-bond donors (Lipinski definition) is 1. The van der Waals surface area contributed by atoms with E-state index in [2.05, 4.69) is 4.90 Å². The highest BCUT2D eigenvalue weighted by molar-refractivity contribution is 6.37. The summed E-state index contributed by atoms with van der Waals surface area (Å²) < 4.78 is 0. The second-order valence-electron chi connectivity index (χ2n) is 6.12. The molecule has 2 aliphatic heterocycles. The van der Waals surface area contributed by atoms with Gasteiger partial charge in [0.25, 0.3) is 0 Å². The summed E-state index contributed by atoms with van der Waals surface area (Å²) in [5.74, 6) is 0.0324. The summed E-state index contributed by atoms with van der Waals surface area (Å²) in [4.78, 5) is 15.0. The number of piperidine rings is 1. The number of fused-ring (bicyclic) bond motifs is 2. The summed E-state index contributed by atoms with van der Waals surface area (Å²) in [6.07, 6.45) is 3.44. The van der Waals surface area contributed by atoms with Gasteiger partial charge in [0.05, 0.1) is 17.2 Å². The Balaban J connectivity index is 1.82. The molecule has 2 bridgehead atoms. The van der Waals surface area contributed by atoms with Crippen molar-refractivity contribution in [1.82, 2.24) is 4.90 Å². The zero-order valence-corrected chi connectivity index (χ0v) is 13.4. The molecule has 0 aromatic heterocycles. The summed E-state index contributed by atoms with van der Waals surface area (Å²) in [7, 11) is 0. The standard InChI is InChI=1S/C16H19Cl2NO2/c1-9(16(21)14-5-2-10(17)6-15(14)18)19-11-3-4-12(19)8-13(20)7-11/h2,5-6,9,11-13,20H,3-4,7-8H2,1H3. The Morgan fingerprint density at radius 3 is 2.48 bits per heavy atom. The Morgan fingerprint density at radius 2 is 1.90 bits per heavy atom. The molecular weight excluding hydrogens is 309 g/mol. The summed E-state index contributed by atoms with van der Waals surface area (Å²) >= 11 is 12.0. The Morgan fingerprint density at radius 1 is 1.29 bits per heavy atom. The summed E-state index contributed by atoms with van der Waals surface area (Å²) in [6.45, 7) is 1.94. The van der Waals surface area contributed by atoms with Crippen molar-refractivity contribution >= 4 is 29.0 Å². The highest BCUT2D eigenvalue weighted by atomic mass is 35.5. The number of benzene rings is 1. The number of aliphatic hydroxyl groups is 1. The zero-order chi connectivity index (χ0) is 15.1. The predicted molar refractivity (Wildman–Crippen MR) is 84.1 cm³/mol. The van der Waals surface area contributed by atoms with Gasteiger partial charge < -0.3 is 5.11 Å². The van der Waals surface area contributed by atoms with Crippen LogP contribution in [0.5, 0.6) is 0 Å². The molecule has 114 valence electrons. The van der Waals surface area contributed by atoms with E-state index < -0.39 is 0 Å². The lowest BCUT2D eigenvalue weighted by atomic mass is 9.95. The van der Waals surface area contributed by atoms with Crippen LogP contribution in [-0.2, 0) is 0 Å². The molecule has 0 amide bonds. The molecule has 2 heterocycles. The fourth-order valence-electron chi connectivity index (χ4n) is 3.87. The number of aliphatic hydroxyl groups excluding tert-OH is 1. The molecule has 0 spiro atoms. The lowest BCUT2D eigenvalue weighted by Crippen LogP contribution is -2.51. The predicted octanol–water partition coefficient (Wildman–Crippen LogP) is 3.55. The van der Waals surface area contributed by atoms with Gasteiger partial charge in [-0.15, -0.1) is 0 Å². The van der Waals surface area contributed by atoms with Crippen molar-refractivity contribution in [3.05, 3.63) is 33.8 Å². The third-order valence-electron chi connectivity index (χ3n) is 4.79. The van der Waals surface area contributed by atoms with E-state index in [9.17, 15) is 9.90 Å². The molecule has 2 aliphatic rings. The number of carbonyl (C=O) groups is 1. The molecule has 1 aromatic rings. The van der Waals surface area contributed by atoms with Crippen LogP contribution in [-0.4, -0.2) is 40.0 Å². The first-order valence-electron chi connectivity index (χ1n) is 7.42. The first-order chi connectivity index (χ1) is 9.97. The molecule has 0 radical (unpaired) electrons. The van der Waals surface area contributed by atoms with Gasteiger partial charge in [-0.2, -0.15) is 0 Å². The largest absolute Gasteiger partial charge is 0.393 e. The van der Waals surface area contributed by atoms with E-state index in [-0.39, 0.29) is 17.9 Å². The minimum Gasteiger partial charge on any atom is -0.393 e. The van der Waals surface area contributed by atoms with Crippen LogP contribution in [0.4, 0.5) is 0 Å². The van der Waals surface area contributed by atoms with Crippen molar-refractivity contribution in [2.24, 2.45) is 0 Å². The SMILES string of the molecule is CC(C(=O)c1ccc(Cl)cc1Cl)N1C2CCC1CC(O)C2. The van der Waals surface area contributed by atoms with Crippen molar-refractivity contribution in [1.29, 1.82) is 0 Å². The summed E-state index contributed by atoms with van der Waals surface area (Å²) in [5.41, 5.74) is 0.527. The number of nitrogens with zero attached hydrogens (tertiary/aromatic N) is 1. The number of halogens is 2. The van der Waals surface area contributed by atoms with Crippen LogP contribution in [0, 0.1) is 0 Å². The Bertz CT molecular complexity index is 549. The quantitative estimate of drug-likeness (QED) is 0.863. The third kappa shape index (κ3) is 2.85. The molecule has 2 saturated heterocycles. The second kappa shape index (κ2) is 5.88. The van der Waals surface area contributed by atoms with Crippen LogP contribution in [0.1, 0.15) is 43.0 Å². The van der Waals surface area contributed by atoms with E-state index in [0.29, 0.717) is 27.7 Å². The van der Waals surface area contributed by atoms with Crippen LogP contribution in [0.2, 0.25) is 10.0 Å². The molecule has 5 heteroatoms. The van der Waals surface area contributed by atoms with E-state index in [0.717, 1.165) is 25.7 Å². The van der Waals surface area contributed by atoms with E-state index in [1.54, 1.807) is 18.2 Å². The highest BCUT2D eigenvalue weighted by Gasteiger charge is 2.44. The van der Waals surface area contributed by atoms with Crippen molar-refractivity contribution in [2.75, 3.05) is 0 Å². The molecule has 3 rings (SSSR count). The van der Waals surface area contributed by atoms with Gasteiger partial charge in [0.15, 0.2) is 5.78 Å². The maximum Gasteiger partial charge on any atom is 0.181 e. The lowest BCUT2D eigenvalue weighted by molar-refractivity contribution is 0.0155. The molecule has 3 atom stereocenters. The van der Waals surface area contributed by atoms with Gasteiger partial charge in [0, 0.05) is 22.7 Å². The van der Waals surface area contributed by atoms with E-state index in [4.69, 9.17) is 23.2 Å². The first kappa shape index (κ1) is 15.3. The van der Waals surface area contributed by atoms with Crippen LogP contribution in [0.25, 0.3) is 0 Å². The van der Waals surface area contributed by atoms with Crippen LogP contribution >= 0.6 is 23.2 Å². The topological polar surface area (TPSA) is 40.5 Å². The van der Waals surface area contributed by atoms with Gasteiger partial charge in [-0.25, -0.2) is 0 Å². The van der Waals surface area contributed by atoms with Crippen molar-refractivity contribution < 1.29 is 9.90 Å². The lowest BCUT2D eigenvalue weighted by Gasteiger charge is -2.40. The number of rotatable bonds is 3. The average Bonchev–Trinajstić information content (AvgIpc) is 2.69. The highest BCUT2D eigenvalue weighted by Crippen LogP contribution is 2.38. The molecule has 3 unspecified atom stereocenters. The molecular formula is C16H19Cl2NO2. The van der Waals surface area contributed by atoms with Gasteiger partial charge in [-0.1, -0.05) is 23.2 Å². The molecule has 2 fully saturated rings. The van der Waals surface area contributed by atoms with Crippen molar-refractivity contribution in [2.45, 2.75) is 56.8 Å². The second-order valence-corrected chi connectivity index (χ2v) is 6.97. The first-order valence-corrected chi connectivity index (χ1v) is 8.17. The molecule has 0 saturated carbocycles. The number of carbonyl (C=O) groups excluding carboxylic acids is 1. The minimum atomic E-state index is -0.222. The summed E-state index contributed by atoms with van der Waals surface area (Å²) in [5, 5.41) is 10.8. The number of hydrogen-bond acceptors (Lipinski definition) is 3. The Labute approximate surface area is 134 Å². The summed E-state index contributed by atoms with van der Waals surface area (Å²) in [6, 6.07) is 5.41. The van der Waals surface area contributed by atoms with E-state index in [1.165, 1.54) is 0 Å². The van der Waals surface area contributed by atoms with Crippen LogP contribution in [0.3, 0.4) is 0 Å². The van der Waals surface area contributed by atoms with Gasteiger partial charge in [0.2, 0.25) is 0 Å². The number of ketones is 1. The monoisotopic (exact) mass is 327 g/mol. The maximum absolute atomic E-state index is 12.7. The van der Waals surface area contributed by atoms with Gasteiger partial charge in [-0.3, -0.25) is 9.69 Å². The van der Waals surface area contributed by atoms with Gasteiger partial charge >= 0.3 is 0 Å². The maximum atomic E-state index is 12.7. The van der Waals surface area contributed by atoms with Crippen LogP contribution < -0.4 is 0 Å². The Hall–Kier alpha value is -0.610. The van der Waals surface area contributed by atoms with Crippen molar-refractivity contribution in [3.63, 3.8) is 0 Å². The van der Waals surface area contributed by atoms with E-state index in [1.807, 2.05) is 6.92 Å². The van der Waals surface area contributed by atoms with Gasteiger partial charge in [-0.05, 0) is 50.8 Å². The minimum absolute atomic E-state index is 0.0324. The zero-order valence-electron chi connectivity index (χ0n) is 11.9. The molecule has 1 aromatic carbocycles. The number of Topliss-reactive ketones (excluding diaryl/α,β-unsaturated/α-hetero) is 1. The fraction of sp³-hybridized carbons (Fsp3) is 0.562. The average molecular weight is 328 g/mol. The fourth-order valence-corrected chi connectivity index (χ4v) is 4.37. The normalized spacial score (nSPS) is 30.4. The van der Waals surface area contributed by atoms with Gasteiger partial charge in [0.1, 0.15) is 0 Å². The third-order valence-corrected chi connectivity index (χ3v) is 5.34. The smallest absolute Gasteiger partial charge is 0.181 e. The van der Waals surface area contributed by atoms with Crippen LogP contribution in [0.15, 0.2) is 18.2 Å². The van der Waals surface area contributed by atoms with Crippen molar-refractivity contribution in [3.8, 4) is 0 Å².